The molecule has 3 aliphatic heterocycles. The predicted molar refractivity (Wildman–Crippen MR) is 106 cm³/mol. The zero-order chi connectivity index (χ0) is 20.9. The van der Waals surface area contributed by atoms with E-state index in [2.05, 4.69) is 45.8 Å². The molecule has 1 aromatic rings. The van der Waals surface area contributed by atoms with E-state index in [0.29, 0.717) is 5.92 Å². The Morgan fingerprint density at radius 3 is 2.66 bits per heavy atom. The number of hydrogen-bond donors (Lipinski definition) is 1. The minimum absolute atomic E-state index is 0.209. The monoisotopic (exact) mass is 401 g/mol. The first-order chi connectivity index (χ1) is 13.8. The summed E-state index contributed by atoms with van der Waals surface area (Å²) in [6.07, 6.45) is -0.662. The van der Waals surface area contributed by atoms with E-state index in [-0.39, 0.29) is 18.7 Å². The third-order valence-electron chi connectivity index (χ3n) is 6.03. The Labute approximate surface area is 170 Å². The van der Waals surface area contributed by atoms with Crippen LogP contribution < -0.4 is 10.2 Å². The molecule has 1 N–H and O–H groups in total. The van der Waals surface area contributed by atoms with Gasteiger partial charge in [-0.3, -0.25) is 24.7 Å². The molecule has 3 amide bonds. The van der Waals surface area contributed by atoms with Gasteiger partial charge in [0.2, 0.25) is 0 Å². The number of likely N-dealkylation sites (N-methyl/N-ethyl adjacent to an activating group) is 1. The summed E-state index contributed by atoms with van der Waals surface area (Å²) in [5.41, 5.74) is 2.26. The van der Waals surface area contributed by atoms with Gasteiger partial charge in [0.05, 0.1) is 7.11 Å². The fourth-order valence-electron chi connectivity index (χ4n) is 4.63. The number of amides is 3. The van der Waals surface area contributed by atoms with Gasteiger partial charge < -0.3 is 14.5 Å². The van der Waals surface area contributed by atoms with Gasteiger partial charge in [0, 0.05) is 25.8 Å². The lowest BCUT2D eigenvalue weighted by molar-refractivity contribution is -0.149. The summed E-state index contributed by atoms with van der Waals surface area (Å²) < 4.78 is 4.67. The molecule has 29 heavy (non-hydrogen) atoms. The van der Waals surface area contributed by atoms with Crippen LogP contribution in [-0.2, 0) is 14.3 Å². The number of nitrogens with one attached hydrogen (secondary N) is 1. The summed E-state index contributed by atoms with van der Waals surface area (Å²) in [5.74, 6) is -0.650. The second kappa shape index (κ2) is 7.31. The molecule has 4 unspecified atom stereocenters. The molecule has 0 bridgehead atoms. The topological polar surface area (TPSA) is 85.4 Å². The third kappa shape index (κ3) is 3.14. The predicted octanol–water partition coefficient (Wildman–Crippen LogP) is 0.402. The molecule has 0 aliphatic carbocycles. The van der Waals surface area contributed by atoms with Crippen LogP contribution in [0.25, 0.3) is 0 Å². The Morgan fingerprint density at radius 1 is 1.24 bits per heavy atom. The Kier molecular flexibility index (Phi) is 4.95. The zero-order valence-electron chi connectivity index (χ0n) is 17.2. The van der Waals surface area contributed by atoms with E-state index in [0.717, 1.165) is 29.2 Å². The zero-order valence-corrected chi connectivity index (χ0v) is 17.2. The van der Waals surface area contributed by atoms with Crippen molar-refractivity contribution in [3.8, 4) is 0 Å². The molecule has 4 rings (SSSR count). The Balaban J connectivity index is 1.68. The number of rotatable bonds is 3. The van der Waals surface area contributed by atoms with Crippen LogP contribution in [0, 0.1) is 12.8 Å². The number of para-hydroxylation sites is 1. The maximum Gasteiger partial charge on any atom is 0.328 e. The molecule has 0 radical (unpaired) electrons. The first-order valence-corrected chi connectivity index (χ1v) is 9.82. The molecule has 3 aliphatic rings. The molecule has 3 saturated heterocycles. The maximum absolute atomic E-state index is 13.3. The number of carbonyl (C=O) groups excluding carboxylic acids is 3. The highest BCUT2D eigenvalue weighted by molar-refractivity contribution is 6.02. The van der Waals surface area contributed by atoms with Gasteiger partial charge in [0.25, 0.3) is 5.91 Å². The highest BCUT2D eigenvalue weighted by Crippen LogP contribution is 2.35. The van der Waals surface area contributed by atoms with Crippen molar-refractivity contribution in [3.63, 3.8) is 0 Å². The number of imide groups is 1. The van der Waals surface area contributed by atoms with Crippen LogP contribution in [0.15, 0.2) is 24.3 Å². The number of nitrogens with zero attached hydrogens (tertiary/aromatic N) is 4. The second-order valence-corrected chi connectivity index (χ2v) is 8.06. The number of fused-ring (bicyclic) bond motifs is 3. The van der Waals surface area contributed by atoms with Crippen molar-refractivity contribution in [1.29, 1.82) is 0 Å². The van der Waals surface area contributed by atoms with Crippen molar-refractivity contribution in [1.82, 2.24) is 20.0 Å². The van der Waals surface area contributed by atoms with Crippen molar-refractivity contribution in [3.05, 3.63) is 29.8 Å². The van der Waals surface area contributed by atoms with Crippen molar-refractivity contribution in [2.45, 2.75) is 32.3 Å². The van der Waals surface area contributed by atoms with Crippen LogP contribution in [-0.4, -0.2) is 84.9 Å². The summed E-state index contributed by atoms with van der Waals surface area (Å²) >= 11 is 0. The highest BCUT2D eigenvalue weighted by atomic mass is 16.5. The number of ether oxygens (including phenoxy) is 1. The fourth-order valence-corrected chi connectivity index (χ4v) is 4.63. The van der Waals surface area contributed by atoms with Gasteiger partial charge >= 0.3 is 12.0 Å². The first kappa shape index (κ1) is 19.7. The maximum atomic E-state index is 13.3. The molecule has 9 heteroatoms. The number of methoxy groups -OCH3 is 1. The van der Waals surface area contributed by atoms with Crippen molar-refractivity contribution in [2.75, 3.05) is 38.7 Å². The molecule has 9 nitrogen and oxygen atoms in total. The Bertz CT molecular complexity index is 846. The van der Waals surface area contributed by atoms with E-state index in [9.17, 15) is 14.4 Å². The number of benzene rings is 1. The van der Waals surface area contributed by atoms with Crippen LogP contribution in [0.4, 0.5) is 10.5 Å². The van der Waals surface area contributed by atoms with Gasteiger partial charge in [-0.15, -0.1) is 0 Å². The summed E-state index contributed by atoms with van der Waals surface area (Å²) in [5, 5.41) is 3.48. The van der Waals surface area contributed by atoms with Crippen LogP contribution in [0.5, 0.6) is 0 Å². The van der Waals surface area contributed by atoms with E-state index in [1.807, 2.05) is 12.1 Å². The summed E-state index contributed by atoms with van der Waals surface area (Å²) in [6, 6.07) is 7.11. The van der Waals surface area contributed by atoms with Crippen LogP contribution in [0.3, 0.4) is 0 Å². The van der Waals surface area contributed by atoms with Crippen molar-refractivity contribution < 1.29 is 19.1 Å². The van der Waals surface area contributed by atoms with E-state index < -0.39 is 24.2 Å². The van der Waals surface area contributed by atoms with Gasteiger partial charge in [-0.25, -0.2) is 4.79 Å². The molecule has 3 heterocycles. The number of hydrogen-bond acceptors (Lipinski definition) is 7. The third-order valence-corrected chi connectivity index (χ3v) is 6.03. The highest BCUT2D eigenvalue weighted by Gasteiger charge is 2.57. The van der Waals surface area contributed by atoms with E-state index in [4.69, 9.17) is 0 Å². The minimum Gasteiger partial charge on any atom is -0.468 e. The van der Waals surface area contributed by atoms with Crippen molar-refractivity contribution in [2.24, 2.45) is 5.92 Å². The number of anilines is 1. The van der Waals surface area contributed by atoms with E-state index in [1.54, 1.807) is 7.05 Å². The lowest BCUT2D eigenvalue weighted by Gasteiger charge is -2.46. The normalized spacial score (nSPS) is 29.7. The molecule has 0 saturated carbocycles. The lowest BCUT2D eigenvalue weighted by atomic mass is 10.0. The number of esters is 1. The van der Waals surface area contributed by atoms with Gasteiger partial charge in [0.15, 0.2) is 0 Å². The van der Waals surface area contributed by atoms with Gasteiger partial charge in [0.1, 0.15) is 25.0 Å². The molecule has 4 atom stereocenters. The summed E-state index contributed by atoms with van der Waals surface area (Å²) in [4.78, 5) is 44.6. The molecule has 156 valence electrons. The number of carbonyl (C=O) groups is 3. The lowest BCUT2D eigenvalue weighted by Crippen LogP contribution is -2.67. The second-order valence-electron chi connectivity index (χ2n) is 8.06. The summed E-state index contributed by atoms with van der Waals surface area (Å²) in [6.45, 7) is 5.41. The van der Waals surface area contributed by atoms with Gasteiger partial charge in [-0.1, -0.05) is 25.1 Å². The molecular formula is C20H27N5O4. The Hall–Kier alpha value is -2.65. The smallest absolute Gasteiger partial charge is 0.328 e. The quantitative estimate of drug-likeness (QED) is 0.734. The van der Waals surface area contributed by atoms with Crippen molar-refractivity contribution >= 4 is 23.6 Å². The van der Waals surface area contributed by atoms with Gasteiger partial charge in [-0.2, -0.15) is 0 Å². The first-order valence-electron chi connectivity index (χ1n) is 9.82. The Morgan fingerprint density at radius 2 is 1.97 bits per heavy atom. The standard InChI is InChI=1S/C20H27N5O4/c1-12-9-23(14-8-6-5-7-13(14)2)19-21-17-16(24(19)10-12)18(27)25(11-15(26)29-4)20(28)22(17)3/h5-8,12,16-17,19,21H,9-11H2,1-4H3. The number of aryl methyl sites for hydroxylation is 1. The largest absolute Gasteiger partial charge is 0.468 e. The molecule has 3 fully saturated rings. The average Bonchev–Trinajstić information content (AvgIpc) is 3.08. The fraction of sp³-hybridized carbons (Fsp3) is 0.550. The molecule has 0 spiro atoms. The average molecular weight is 401 g/mol. The van der Waals surface area contributed by atoms with Gasteiger partial charge in [-0.05, 0) is 24.5 Å². The molecule has 0 aromatic heterocycles. The van der Waals surface area contributed by atoms with Crippen LogP contribution in [0.2, 0.25) is 0 Å². The van der Waals surface area contributed by atoms with E-state index in [1.165, 1.54) is 12.0 Å². The molecular weight excluding hydrogens is 374 g/mol. The number of urea groups is 1. The SMILES string of the molecule is COC(=O)CN1C(=O)C2C(NC3N(c4ccccc4C)CC(C)CN23)N(C)C1=O. The minimum atomic E-state index is -0.616. The van der Waals surface area contributed by atoms with Crippen LogP contribution in [0.1, 0.15) is 12.5 Å². The van der Waals surface area contributed by atoms with Crippen LogP contribution >= 0.6 is 0 Å². The summed E-state index contributed by atoms with van der Waals surface area (Å²) in [7, 11) is 2.90. The molecule has 1 aromatic carbocycles. The van der Waals surface area contributed by atoms with E-state index >= 15 is 0 Å².